The van der Waals surface area contributed by atoms with Gasteiger partial charge in [0.2, 0.25) is 0 Å². The molecule has 1 atom stereocenters. The van der Waals surface area contributed by atoms with Crippen molar-refractivity contribution in [2.45, 2.75) is 13.0 Å². The topological polar surface area (TPSA) is 58.2 Å². The lowest BCUT2D eigenvalue weighted by Crippen LogP contribution is -2.36. The van der Waals surface area contributed by atoms with Gasteiger partial charge in [-0.3, -0.25) is 4.79 Å². The second-order valence-electron chi connectivity index (χ2n) is 1.74. The molecule has 4 heteroatoms. The van der Waals surface area contributed by atoms with Crippen molar-refractivity contribution in [1.82, 2.24) is 5.32 Å². The predicted octanol–water partition coefficient (Wildman–Crippen LogP) is -0.475. The molecule has 1 N–H and O–H groups in total. The van der Waals surface area contributed by atoms with Crippen molar-refractivity contribution >= 4 is 5.78 Å². The van der Waals surface area contributed by atoms with Crippen LogP contribution in [0.3, 0.4) is 0 Å². The summed E-state index contributed by atoms with van der Waals surface area (Å²) in [6.07, 6.45) is 0. The molecule has 53 valence electrons. The van der Waals surface area contributed by atoms with Gasteiger partial charge in [-0.15, -0.1) is 0 Å². The molecule has 0 unspecified atom stereocenters. The maximum Gasteiger partial charge on any atom is 0.149 e. The van der Waals surface area contributed by atoms with Gasteiger partial charge < -0.3 is 5.32 Å². The molecule has 1 radical (unpaired) electrons. The summed E-state index contributed by atoms with van der Waals surface area (Å²) in [4.78, 5) is 14.0. The number of nitrogens with one attached hydrogen (secondary N) is 1. The fraction of sp³-hybridized carbons (Fsp3) is 0.800. The minimum Gasteiger partial charge on any atom is -0.309 e. The minimum absolute atomic E-state index is 0.0895. The van der Waals surface area contributed by atoms with Crippen molar-refractivity contribution in [2.24, 2.45) is 0 Å². The first-order chi connectivity index (χ1) is 4.22. The first kappa shape index (κ1) is 8.55. The number of likely N-dealkylation sites (N-methyl/N-ethyl adjacent to an activating group) is 1. The molecule has 0 saturated heterocycles. The van der Waals surface area contributed by atoms with Crippen LogP contribution in [-0.4, -0.2) is 25.5 Å². The van der Waals surface area contributed by atoms with Crippen LogP contribution < -0.4 is 5.32 Å². The predicted molar refractivity (Wildman–Crippen MR) is 30.2 cm³/mol. The molecule has 0 fully saturated rings. The zero-order valence-corrected chi connectivity index (χ0v) is 5.51. The number of hydrogen-bond acceptors (Lipinski definition) is 3. The molecule has 0 aromatic heterocycles. The van der Waals surface area contributed by atoms with Gasteiger partial charge in [0.25, 0.3) is 0 Å². The molecule has 0 aromatic carbocycles. The SMILES string of the molecule is CN[C@@H](CO[O])C(C)=O. The zero-order valence-electron chi connectivity index (χ0n) is 5.51. The monoisotopic (exact) mass is 132 g/mol. The second-order valence-corrected chi connectivity index (χ2v) is 1.74. The Bertz CT molecular complexity index is 94.2. The standard InChI is InChI=1S/C5H10NO3/c1-4(7)5(6-2)3-9-8/h5-6H,3H2,1-2H3/t5-/m0/s1. The molecule has 9 heavy (non-hydrogen) atoms. The lowest BCUT2D eigenvalue weighted by atomic mass is 10.2. The van der Waals surface area contributed by atoms with E-state index in [1.807, 2.05) is 0 Å². The summed E-state index contributed by atoms with van der Waals surface area (Å²) in [7, 11) is 1.60. The Kier molecular flexibility index (Phi) is 4.21. The molecule has 0 aliphatic carbocycles. The summed E-state index contributed by atoms with van der Waals surface area (Å²) in [5.41, 5.74) is 0. The lowest BCUT2D eigenvalue weighted by molar-refractivity contribution is -0.305. The van der Waals surface area contributed by atoms with Crippen molar-refractivity contribution in [1.29, 1.82) is 0 Å². The van der Waals surface area contributed by atoms with Gasteiger partial charge >= 0.3 is 0 Å². The van der Waals surface area contributed by atoms with E-state index in [1.165, 1.54) is 6.92 Å². The summed E-state index contributed by atoms with van der Waals surface area (Å²) < 4.78 is 0. The van der Waals surface area contributed by atoms with Gasteiger partial charge in [0.1, 0.15) is 12.4 Å². The molecule has 0 rings (SSSR count). The van der Waals surface area contributed by atoms with Gasteiger partial charge in [-0.2, -0.15) is 0 Å². The average Bonchev–Trinajstić information content (AvgIpc) is 1.82. The van der Waals surface area contributed by atoms with Crippen molar-refractivity contribution in [2.75, 3.05) is 13.7 Å². The third-order valence-electron chi connectivity index (χ3n) is 1.07. The van der Waals surface area contributed by atoms with Crippen LogP contribution in [0.4, 0.5) is 0 Å². The van der Waals surface area contributed by atoms with Crippen molar-refractivity contribution in [3.05, 3.63) is 0 Å². The fourth-order valence-corrected chi connectivity index (χ4v) is 0.472. The maximum atomic E-state index is 10.5. The van der Waals surface area contributed by atoms with Crippen molar-refractivity contribution < 1.29 is 14.9 Å². The van der Waals surface area contributed by atoms with Crippen molar-refractivity contribution in [3.63, 3.8) is 0 Å². The van der Waals surface area contributed by atoms with Crippen LogP contribution in [0.15, 0.2) is 0 Å². The largest absolute Gasteiger partial charge is 0.309 e. The fourth-order valence-electron chi connectivity index (χ4n) is 0.472. The summed E-state index contributed by atoms with van der Waals surface area (Å²) in [5.74, 6) is -0.0895. The average molecular weight is 132 g/mol. The van der Waals surface area contributed by atoms with Crippen LogP contribution in [0, 0.1) is 0 Å². The summed E-state index contributed by atoms with van der Waals surface area (Å²) >= 11 is 0. The zero-order chi connectivity index (χ0) is 7.28. The highest BCUT2D eigenvalue weighted by Gasteiger charge is 2.10. The van der Waals surface area contributed by atoms with E-state index in [0.29, 0.717) is 0 Å². The number of hydrogen-bond donors (Lipinski definition) is 1. The molecule has 0 aromatic rings. The molecule has 0 bridgehead atoms. The van der Waals surface area contributed by atoms with Crippen LogP contribution in [0.2, 0.25) is 0 Å². The van der Waals surface area contributed by atoms with E-state index in [-0.39, 0.29) is 12.4 Å². The third kappa shape index (κ3) is 3.18. The highest BCUT2D eigenvalue weighted by molar-refractivity contribution is 5.81. The van der Waals surface area contributed by atoms with E-state index in [1.54, 1.807) is 7.05 Å². The number of ketones is 1. The highest BCUT2D eigenvalue weighted by Crippen LogP contribution is 1.84. The van der Waals surface area contributed by atoms with E-state index in [0.717, 1.165) is 0 Å². The van der Waals surface area contributed by atoms with Gasteiger partial charge in [-0.1, -0.05) is 0 Å². The van der Waals surface area contributed by atoms with Crippen LogP contribution in [-0.2, 0) is 14.9 Å². The van der Waals surface area contributed by atoms with Gasteiger partial charge in [0.05, 0.1) is 6.04 Å². The number of Topliss-reactive ketones (excluding diaryl/α,β-unsaturated/α-hetero) is 1. The molecular formula is C5H10NO3. The minimum atomic E-state index is -0.456. The molecule has 0 heterocycles. The van der Waals surface area contributed by atoms with E-state index >= 15 is 0 Å². The lowest BCUT2D eigenvalue weighted by Gasteiger charge is -2.07. The Balaban J connectivity index is 3.54. The van der Waals surface area contributed by atoms with E-state index in [4.69, 9.17) is 0 Å². The van der Waals surface area contributed by atoms with Gasteiger partial charge in [0, 0.05) is 0 Å². The van der Waals surface area contributed by atoms with Crippen LogP contribution in [0.25, 0.3) is 0 Å². The smallest absolute Gasteiger partial charge is 0.149 e. The summed E-state index contributed by atoms with van der Waals surface area (Å²) in [6, 6.07) is -0.456. The normalized spacial score (nSPS) is 13.2. The van der Waals surface area contributed by atoms with Crippen LogP contribution >= 0.6 is 0 Å². The van der Waals surface area contributed by atoms with E-state index in [2.05, 4.69) is 10.2 Å². The Labute approximate surface area is 53.7 Å². The molecule has 0 spiro atoms. The van der Waals surface area contributed by atoms with E-state index < -0.39 is 6.04 Å². The highest BCUT2D eigenvalue weighted by atomic mass is 17.1. The molecule has 0 aliphatic heterocycles. The van der Waals surface area contributed by atoms with Gasteiger partial charge in [-0.05, 0) is 19.2 Å². The number of rotatable bonds is 4. The molecule has 0 aliphatic rings. The van der Waals surface area contributed by atoms with Crippen LogP contribution in [0.5, 0.6) is 0 Å². The number of carbonyl (C=O) groups is 1. The molecule has 0 amide bonds. The van der Waals surface area contributed by atoms with E-state index in [9.17, 15) is 10.1 Å². The Morgan fingerprint density at radius 1 is 1.78 bits per heavy atom. The maximum absolute atomic E-state index is 10.5. The van der Waals surface area contributed by atoms with Crippen LogP contribution in [0.1, 0.15) is 6.92 Å². The summed E-state index contributed by atoms with van der Waals surface area (Å²) in [5, 5.41) is 12.1. The Morgan fingerprint density at radius 2 is 2.33 bits per heavy atom. The third-order valence-corrected chi connectivity index (χ3v) is 1.07. The summed E-state index contributed by atoms with van der Waals surface area (Å²) in [6.45, 7) is 1.30. The Hall–Kier alpha value is -0.450. The Morgan fingerprint density at radius 3 is 2.44 bits per heavy atom. The second kappa shape index (κ2) is 4.43. The first-order valence-electron chi connectivity index (χ1n) is 2.65. The first-order valence-corrected chi connectivity index (χ1v) is 2.65. The molecule has 0 saturated carbocycles. The molecule has 4 nitrogen and oxygen atoms in total. The van der Waals surface area contributed by atoms with Gasteiger partial charge in [-0.25, -0.2) is 4.89 Å². The molecular weight excluding hydrogens is 122 g/mol. The number of carbonyl (C=O) groups excluding carboxylic acids is 1. The van der Waals surface area contributed by atoms with Crippen molar-refractivity contribution in [3.8, 4) is 0 Å². The van der Waals surface area contributed by atoms with Gasteiger partial charge in [0.15, 0.2) is 0 Å². The quantitative estimate of drug-likeness (QED) is 0.415.